The molecule has 25 heavy (non-hydrogen) atoms. The molecule has 2 aromatic heterocycles. The van der Waals surface area contributed by atoms with Crippen LogP contribution in [0.25, 0.3) is 5.65 Å². The number of urea groups is 1. The van der Waals surface area contributed by atoms with Crippen LogP contribution in [0.3, 0.4) is 0 Å². The molecule has 0 spiro atoms. The molecule has 0 bridgehead atoms. The molecule has 1 saturated heterocycles. The van der Waals surface area contributed by atoms with Crippen LogP contribution in [-0.4, -0.2) is 31.5 Å². The number of anilines is 1. The first-order valence-electron chi connectivity index (χ1n) is 7.67. The number of rotatable bonds is 4. The Balaban J connectivity index is 1.50. The monoisotopic (exact) mass is 337 g/mol. The van der Waals surface area contributed by atoms with E-state index in [1.807, 2.05) is 24.3 Å². The zero-order valence-electron chi connectivity index (χ0n) is 13.4. The van der Waals surface area contributed by atoms with Crippen molar-refractivity contribution >= 4 is 23.4 Å². The fourth-order valence-corrected chi connectivity index (χ4v) is 2.77. The summed E-state index contributed by atoms with van der Waals surface area (Å²) in [5, 5.41) is 12.3. The van der Waals surface area contributed by atoms with Gasteiger partial charge in [-0.25, -0.2) is 9.78 Å². The molecule has 0 radical (unpaired) electrons. The van der Waals surface area contributed by atoms with Crippen molar-refractivity contribution in [2.75, 3.05) is 5.32 Å². The highest BCUT2D eigenvalue weighted by molar-refractivity contribution is 6.07. The highest BCUT2D eigenvalue weighted by Crippen LogP contribution is 2.24. The minimum absolute atomic E-state index is 0.354. The fourth-order valence-electron chi connectivity index (χ4n) is 2.77. The maximum absolute atomic E-state index is 12.0. The second-order valence-electron chi connectivity index (χ2n) is 5.91. The van der Waals surface area contributed by atoms with Gasteiger partial charge >= 0.3 is 6.03 Å². The van der Waals surface area contributed by atoms with Gasteiger partial charge in [0.25, 0.3) is 5.91 Å². The molecule has 126 valence electrons. The van der Waals surface area contributed by atoms with Crippen molar-refractivity contribution in [2.45, 2.75) is 19.0 Å². The number of nitrogens with one attached hydrogen (secondary N) is 3. The zero-order valence-corrected chi connectivity index (χ0v) is 13.4. The Morgan fingerprint density at radius 2 is 2.00 bits per heavy atom. The number of imide groups is 1. The lowest BCUT2D eigenvalue weighted by atomic mass is 9.91. The van der Waals surface area contributed by atoms with Gasteiger partial charge in [-0.3, -0.25) is 15.1 Å². The van der Waals surface area contributed by atoms with Gasteiger partial charge in [-0.2, -0.15) is 9.61 Å². The minimum Gasteiger partial charge on any atom is -0.365 e. The summed E-state index contributed by atoms with van der Waals surface area (Å²) in [7, 11) is 0. The molecule has 1 aliphatic heterocycles. The lowest BCUT2D eigenvalue weighted by molar-refractivity contribution is -0.123. The van der Waals surface area contributed by atoms with E-state index in [1.165, 1.54) is 6.33 Å². The predicted molar refractivity (Wildman–Crippen MR) is 88.6 cm³/mol. The van der Waals surface area contributed by atoms with E-state index in [2.05, 4.69) is 31.0 Å². The van der Waals surface area contributed by atoms with Crippen LogP contribution in [0.1, 0.15) is 18.1 Å². The van der Waals surface area contributed by atoms with Crippen molar-refractivity contribution in [1.82, 2.24) is 30.2 Å². The quantitative estimate of drug-likeness (QED) is 0.607. The molecule has 0 aliphatic carbocycles. The summed E-state index contributed by atoms with van der Waals surface area (Å²) >= 11 is 0. The van der Waals surface area contributed by atoms with E-state index < -0.39 is 11.6 Å². The van der Waals surface area contributed by atoms with Crippen molar-refractivity contribution < 1.29 is 9.59 Å². The first-order valence-corrected chi connectivity index (χ1v) is 7.67. The van der Waals surface area contributed by atoms with Crippen LogP contribution in [0.2, 0.25) is 0 Å². The molecule has 1 atom stereocenters. The van der Waals surface area contributed by atoms with Crippen molar-refractivity contribution in [2.24, 2.45) is 0 Å². The molecule has 1 aliphatic rings. The molecule has 9 heteroatoms. The van der Waals surface area contributed by atoms with Gasteiger partial charge in [0.15, 0.2) is 5.65 Å². The Bertz CT molecular complexity index is 966. The minimum atomic E-state index is -1.04. The molecule has 1 aromatic carbocycles. The first kappa shape index (κ1) is 15.1. The van der Waals surface area contributed by atoms with Crippen LogP contribution in [0, 0.1) is 0 Å². The average molecular weight is 337 g/mol. The number of hydrogen-bond acceptors (Lipinski definition) is 6. The number of amides is 3. The number of carbonyl (C=O) groups is 2. The van der Waals surface area contributed by atoms with E-state index in [1.54, 1.807) is 23.8 Å². The summed E-state index contributed by atoms with van der Waals surface area (Å²) in [6, 6.07) is 6.99. The molecule has 3 heterocycles. The summed E-state index contributed by atoms with van der Waals surface area (Å²) in [6.07, 6.45) is 4.78. The predicted octanol–water partition coefficient (Wildman–Crippen LogP) is 0.791. The van der Waals surface area contributed by atoms with Gasteiger partial charge in [-0.1, -0.05) is 24.3 Å². The molecule has 0 saturated carbocycles. The molecule has 1 fully saturated rings. The molecule has 3 N–H and O–H groups in total. The number of fused-ring (bicyclic) bond motifs is 1. The third-order valence-corrected chi connectivity index (χ3v) is 4.24. The first-order chi connectivity index (χ1) is 12.1. The lowest BCUT2D eigenvalue weighted by Gasteiger charge is -2.21. The van der Waals surface area contributed by atoms with Crippen LogP contribution in [0.15, 0.2) is 43.0 Å². The van der Waals surface area contributed by atoms with E-state index in [0.717, 1.165) is 16.9 Å². The second kappa shape index (κ2) is 5.55. The van der Waals surface area contributed by atoms with Gasteiger partial charge in [0.05, 0.1) is 12.4 Å². The maximum atomic E-state index is 12.0. The van der Waals surface area contributed by atoms with Crippen molar-refractivity contribution in [3.8, 4) is 0 Å². The lowest BCUT2D eigenvalue weighted by Crippen LogP contribution is -2.40. The van der Waals surface area contributed by atoms with Crippen LogP contribution in [0.4, 0.5) is 10.6 Å². The van der Waals surface area contributed by atoms with Crippen LogP contribution < -0.4 is 16.0 Å². The third kappa shape index (κ3) is 2.55. The van der Waals surface area contributed by atoms with Crippen molar-refractivity contribution in [3.63, 3.8) is 0 Å². The van der Waals surface area contributed by atoms with Gasteiger partial charge in [0.1, 0.15) is 17.7 Å². The maximum Gasteiger partial charge on any atom is 0.322 e. The van der Waals surface area contributed by atoms with Gasteiger partial charge in [-0.05, 0) is 18.1 Å². The largest absolute Gasteiger partial charge is 0.365 e. The summed E-state index contributed by atoms with van der Waals surface area (Å²) < 4.78 is 1.67. The van der Waals surface area contributed by atoms with Gasteiger partial charge in [0, 0.05) is 6.54 Å². The molecule has 3 amide bonds. The molecular weight excluding hydrogens is 322 g/mol. The summed E-state index contributed by atoms with van der Waals surface area (Å²) in [5.74, 6) is 0.376. The number of nitrogens with zero attached hydrogens (tertiary/aromatic N) is 4. The van der Waals surface area contributed by atoms with Gasteiger partial charge < -0.3 is 10.6 Å². The van der Waals surface area contributed by atoms with Gasteiger partial charge in [0.2, 0.25) is 0 Å². The number of hydrogen-bond donors (Lipinski definition) is 3. The van der Waals surface area contributed by atoms with E-state index in [4.69, 9.17) is 0 Å². The van der Waals surface area contributed by atoms with E-state index >= 15 is 0 Å². The summed E-state index contributed by atoms with van der Waals surface area (Å²) in [4.78, 5) is 31.6. The van der Waals surface area contributed by atoms with Gasteiger partial charge in [-0.15, -0.1) is 0 Å². The molecule has 4 rings (SSSR count). The topological polar surface area (TPSA) is 113 Å². The Morgan fingerprint density at radius 3 is 2.72 bits per heavy atom. The van der Waals surface area contributed by atoms with Crippen LogP contribution in [0.5, 0.6) is 0 Å². The number of carbonyl (C=O) groups excluding carboxylic acids is 2. The van der Waals surface area contributed by atoms with Crippen LogP contribution >= 0.6 is 0 Å². The normalized spacial score (nSPS) is 19.7. The van der Waals surface area contributed by atoms with Crippen molar-refractivity contribution in [3.05, 3.63) is 54.1 Å². The summed E-state index contributed by atoms with van der Waals surface area (Å²) in [5.41, 5.74) is 1.35. The van der Waals surface area contributed by atoms with Crippen LogP contribution in [-0.2, 0) is 16.9 Å². The fraction of sp³-hybridized carbons (Fsp3) is 0.188. The Hall–Kier alpha value is -3.49. The molecular formula is C16H15N7O2. The van der Waals surface area contributed by atoms with Crippen molar-refractivity contribution in [1.29, 1.82) is 0 Å². The third-order valence-electron chi connectivity index (χ3n) is 4.24. The Morgan fingerprint density at radius 1 is 1.20 bits per heavy atom. The molecule has 3 aromatic rings. The van der Waals surface area contributed by atoms with E-state index in [0.29, 0.717) is 12.2 Å². The average Bonchev–Trinajstić information content (AvgIpc) is 3.18. The molecule has 1 unspecified atom stereocenters. The smallest absolute Gasteiger partial charge is 0.322 e. The summed E-state index contributed by atoms with van der Waals surface area (Å²) in [6.45, 7) is 2.23. The SMILES string of the molecule is CC1(c2ccc(CNc3cncc4ncnn34)cc2)NC(=O)NC1=O. The number of benzene rings is 1. The zero-order chi connectivity index (χ0) is 17.4. The van der Waals surface area contributed by atoms with E-state index in [-0.39, 0.29) is 5.91 Å². The van der Waals surface area contributed by atoms with E-state index in [9.17, 15) is 9.59 Å². The molecule has 9 nitrogen and oxygen atoms in total. The Kier molecular flexibility index (Phi) is 3.34. The highest BCUT2D eigenvalue weighted by atomic mass is 16.2. The second-order valence-corrected chi connectivity index (χ2v) is 5.91. The Labute approximate surface area is 142 Å². The highest BCUT2D eigenvalue weighted by Gasteiger charge is 2.43. The standard InChI is InChI=1S/C16H15N7O2/c1-16(14(24)21-15(25)22-16)11-4-2-10(3-5-11)6-18-12-7-17-8-13-19-9-20-23(12)13/h2-5,7-9,18H,6H2,1H3,(H2,21,22,24,25). The number of aromatic nitrogens is 4.